The van der Waals surface area contributed by atoms with Crippen molar-refractivity contribution < 1.29 is 0 Å². The van der Waals surface area contributed by atoms with Crippen molar-refractivity contribution in [1.29, 1.82) is 0 Å². The van der Waals surface area contributed by atoms with Crippen LogP contribution in [0.2, 0.25) is 0 Å². The largest absolute Gasteiger partial charge is 0.340 e. The molecule has 0 N–H and O–H groups in total. The molecule has 0 aromatic rings. The van der Waals surface area contributed by atoms with Crippen LogP contribution in [0.15, 0.2) is 13.8 Å². The summed E-state index contributed by atoms with van der Waals surface area (Å²) in [5.41, 5.74) is 0. The van der Waals surface area contributed by atoms with Crippen molar-refractivity contribution in [3.63, 3.8) is 0 Å². The van der Waals surface area contributed by atoms with E-state index >= 15 is 0 Å². The highest BCUT2D eigenvalue weighted by atomic mass is 35.6. The quantitative estimate of drug-likeness (QED) is 0.647. The van der Waals surface area contributed by atoms with E-state index in [4.69, 9.17) is 39.2 Å². The fourth-order valence-corrected chi connectivity index (χ4v) is 4.68. The minimum absolute atomic E-state index is 0.266. The fourth-order valence-electron chi connectivity index (χ4n) is 2.79. The molecule has 0 aliphatic carbocycles. The molecule has 9 heteroatoms. The Morgan fingerprint density at radius 2 is 1.45 bits per heavy atom. The minimum Gasteiger partial charge on any atom is -0.340 e. The standard InChI is InChI=1S/C13H20Cl3N5S/c14-13(15,16)11-17-12(20-7-3-1-4-8-20)19-22(18-11)21-9-5-2-6-10-21/h1-10H2. The third-order valence-corrected chi connectivity index (χ3v) is 5.97. The number of halogens is 3. The first-order valence-corrected chi connectivity index (χ1v) is 9.98. The van der Waals surface area contributed by atoms with Crippen LogP contribution in [0.3, 0.4) is 0 Å². The summed E-state index contributed by atoms with van der Waals surface area (Å²) in [7, 11) is 0. The Kier molecular flexibility index (Phi) is 5.66. The van der Waals surface area contributed by atoms with Gasteiger partial charge in [0, 0.05) is 26.2 Å². The van der Waals surface area contributed by atoms with Crippen molar-refractivity contribution in [3.05, 3.63) is 0 Å². The van der Waals surface area contributed by atoms with E-state index in [0.717, 1.165) is 39.0 Å². The van der Waals surface area contributed by atoms with Crippen molar-refractivity contribution in [1.82, 2.24) is 9.21 Å². The maximum absolute atomic E-state index is 6.04. The van der Waals surface area contributed by atoms with Gasteiger partial charge >= 0.3 is 0 Å². The summed E-state index contributed by atoms with van der Waals surface area (Å²) in [6.45, 7) is 3.92. The van der Waals surface area contributed by atoms with Gasteiger partial charge in [0.1, 0.15) is 11.1 Å². The van der Waals surface area contributed by atoms with Gasteiger partial charge in [-0.05, 0) is 32.1 Å². The van der Waals surface area contributed by atoms with Gasteiger partial charge in [0.25, 0.3) is 3.79 Å². The van der Waals surface area contributed by atoms with Crippen LogP contribution in [0, 0.1) is 0 Å². The van der Waals surface area contributed by atoms with Gasteiger partial charge in [-0.2, -0.15) is 13.8 Å². The first kappa shape index (κ1) is 17.0. The van der Waals surface area contributed by atoms with E-state index in [1.54, 1.807) is 0 Å². The number of guanidine groups is 1. The molecule has 1 unspecified atom stereocenters. The summed E-state index contributed by atoms with van der Waals surface area (Å²) in [6.07, 6.45) is 7.19. The number of hydrogen-bond donors (Lipinski definition) is 0. The van der Waals surface area contributed by atoms with Gasteiger partial charge in [0.15, 0.2) is 5.84 Å². The summed E-state index contributed by atoms with van der Waals surface area (Å²) in [6, 6.07) is 0. The summed E-state index contributed by atoms with van der Waals surface area (Å²) in [5, 5.41) is 0. The van der Waals surface area contributed by atoms with Gasteiger partial charge in [-0.25, -0.2) is 4.31 Å². The van der Waals surface area contributed by atoms with E-state index in [1.807, 2.05) is 0 Å². The molecule has 1 atom stereocenters. The molecule has 0 bridgehead atoms. The van der Waals surface area contributed by atoms with E-state index < -0.39 is 14.9 Å². The SMILES string of the molecule is ClC(Cl)(Cl)C1=NS(N2CCCCC2)=NC(N2CCCCC2)=N1. The van der Waals surface area contributed by atoms with Crippen LogP contribution in [0.1, 0.15) is 38.5 Å². The normalized spacial score (nSPS) is 28.0. The van der Waals surface area contributed by atoms with Crippen LogP contribution in [-0.2, 0) is 11.1 Å². The highest BCUT2D eigenvalue weighted by Gasteiger charge is 2.33. The lowest BCUT2D eigenvalue weighted by Crippen LogP contribution is -2.40. The second-order valence-corrected chi connectivity index (χ2v) is 9.35. The third kappa shape index (κ3) is 4.15. The van der Waals surface area contributed by atoms with E-state index in [0.29, 0.717) is 5.96 Å². The molecule has 0 amide bonds. The van der Waals surface area contributed by atoms with Crippen LogP contribution >= 0.6 is 34.8 Å². The third-order valence-electron chi connectivity index (χ3n) is 3.98. The predicted octanol–water partition coefficient (Wildman–Crippen LogP) is 3.73. The van der Waals surface area contributed by atoms with Gasteiger partial charge < -0.3 is 4.90 Å². The molecule has 2 fully saturated rings. The summed E-state index contributed by atoms with van der Waals surface area (Å²) in [5.74, 6) is 0.951. The number of aliphatic imine (C=N–C) groups is 1. The van der Waals surface area contributed by atoms with Crippen LogP contribution in [0.25, 0.3) is 0 Å². The first-order valence-electron chi connectivity index (χ1n) is 7.75. The molecule has 0 radical (unpaired) electrons. The van der Waals surface area contributed by atoms with E-state index in [2.05, 4.69) is 18.6 Å². The molecule has 3 heterocycles. The fraction of sp³-hybridized carbons (Fsp3) is 0.846. The highest BCUT2D eigenvalue weighted by Crippen LogP contribution is 2.31. The zero-order valence-electron chi connectivity index (χ0n) is 12.3. The monoisotopic (exact) mass is 383 g/mol. The van der Waals surface area contributed by atoms with Crippen LogP contribution in [0.4, 0.5) is 0 Å². The van der Waals surface area contributed by atoms with Crippen LogP contribution < -0.4 is 0 Å². The number of amidine groups is 1. The molecule has 0 saturated carbocycles. The molecule has 3 aliphatic heterocycles. The van der Waals surface area contributed by atoms with Crippen molar-refractivity contribution in [2.45, 2.75) is 42.3 Å². The molecule has 0 aromatic heterocycles. The minimum atomic E-state index is -1.60. The van der Waals surface area contributed by atoms with E-state index in [-0.39, 0.29) is 5.84 Å². The topological polar surface area (TPSA) is 43.6 Å². The molecule has 0 spiro atoms. The molecule has 22 heavy (non-hydrogen) atoms. The number of alkyl halides is 3. The zero-order valence-corrected chi connectivity index (χ0v) is 15.4. The summed E-state index contributed by atoms with van der Waals surface area (Å²) in [4.78, 5) is 6.63. The molecule has 5 nitrogen and oxygen atoms in total. The molecule has 0 aromatic carbocycles. The predicted molar refractivity (Wildman–Crippen MR) is 95.8 cm³/mol. The lowest BCUT2D eigenvalue weighted by atomic mass is 10.1. The van der Waals surface area contributed by atoms with E-state index in [9.17, 15) is 0 Å². The van der Waals surface area contributed by atoms with Gasteiger partial charge in [0.05, 0.1) is 0 Å². The van der Waals surface area contributed by atoms with E-state index in [1.165, 1.54) is 25.7 Å². The smallest absolute Gasteiger partial charge is 0.250 e. The number of hydrogen-bond acceptors (Lipinski definition) is 5. The molecule has 3 aliphatic rings. The lowest BCUT2D eigenvalue weighted by Gasteiger charge is -2.32. The Hall–Kier alpha value is 0.120. The highest BCUT2D eigenvalue weighted by molar-refractivity contribution is 7.84. The zero-order chi connectivity index (χ0) is 15.6. The van der Waals surface area contributed by atoms with Crippen molar-refractivity contribution >= 4 is 57.7 Å². The molecule has 124 valence electrons. The van der Waals surface area contributed by atoms with Crippen LogP contribution in [-0.4, -0.2) is 51.0 Å². The number of likely N-dealkylation sites (tertiary alicyclic amines) is 1. The molecule has 2 saturated heterocycles. The summed E-state index contributed by atoms with van der Waals surface area (Å²) >= 11 is 17.5. The first-order chi connectivity index (χ1) is 10.5. The molecular formula is C13H20Cl3N5S. The van der Waals surface area contributed by atoms with Gasteiger partial charge in [-0.1, -0.05) is 41.2 Å². The van der Waals surface area contributed by atoms with Gasteiger partial charge in [0.2, 0.25) is 5.96 Å². The Balaban J connectivity index is 1.88. The lowest BCUT2D eigenvalue weighted by molar-refractivity contribution is 0.339. The average molecular weight is 385 g/mol. The molecule has 3 rings (SSSR count). The average Bonchev–Trinajstić information content (AvgIpc) is 2.55. The Labute approximate surface area is 149 Å². The molecular weight excluding hydrogens is 365 g/mol. The van der Waals surface area contributed by atoms with Crippen molar-refractivity contribution in [2.75, 3.05) is 26.2 Å². The van der Waals surface area contributed by atoms with Gasteiger partial charge in [-0.3, -0.25) is 0 Å². The van der Waals surface area contributed by atoms with Crippen LogP contribution in [0.5, 0.6) is 0 Å². The number of piperidine rings is 2. The van der Waals surface area contributed by atoms with Crippen molar-refractivity contribution in [3.8, 4) is 0 Å². The summed E-state index contributed by atoms with van der Waals surface area (Å²) < 4.78 is 9.95. The Morgan fingerprint density at radius 3 is 2.05 bits per heavy atom. The van der Waals surface area contributed by atoms with Gasteiger partial charge in [-0.15, -0.1) is 0 Å². The maximum Gasteiger partial charge on any atom is 0.250 e. The van der Waals surface area contributed by atoms with Crippen molar-refractivity contribution in [2.24, 2.45) is 13.8 Å². The maximum atomic E-state index is 6.04. The Morgan fingerprint density at radius 1 is 0.864 bits per heavy atom. The second kappa shape index (κ2) is 7.34. The Bertz CT molecular complexity index is 484. The second-order valence-electron chi connectivity index (χ2n) is 5.70. The number of rotatable bonds is 1. The number of nitrogens with zero attached hydrogens (tertiary/aromatic N) is 5.